The van der Waals surface area contributed by atoms with Crippen LogP contribution in [0.3, 0.4) is 0 Å². The first-order chi connectivity index (χ1) is 14.3. The van der Waals surface area contributed by atoms with Crippen molar-refractivity contribution < 1.29 is 9.66 Å². The molecule has 8 nitrogen and oxygen atoms in total. The number of rotatable bonds is 5. The predicted octanol–water partition coefficient (Wildman–Crippen LogP) is 4.71. The van der Waals surface area contributed by atoms with Gasteiger partial charge in [0, 0.05) is 23.1 Å². The lowest BCUT2D eigenvalue weighted by Crippen LogP contribution is -2.20. The van der Waals surface area contributed by atoms with E-state index >= 15 is 0 Å². The molecule has 0 radical (unpaired) electrons. The first kappa shape index (κ1) is 20.0. The summed E-state index contributed by atoms with van der Waals surface area (Å²) in [4.78, 5) is 10.7. The van der Waals surface area contributed by atoms with E-state index in [0.717, 1.165) is 11.4 Å². The molecule has 0 saturated carbocycles. The number of thioether (sulfide) groups is 1. The predicted molar refractivity (Wildman–Crippen MR) is 116 cm³/mol. The van der Waals surface area contributed by atoms with Gasteiger partial charge in [-0.2, -0.15) is 0 Å². The summed E-state index contributed by atoms with van der Waals surface area (Å²) in [5.41, 5.74) is 6.02. The molecule has 4 rings (SSSR count). The highest BCUT2D eigenvalue weighted by molar-refractivity contribution is 8.02. The van der Waals surface area contributed by atoms with Crippen molar-refractivity contribution >= 4 is 23.1 Å². The minimum atomic E-state index is -0.408. The molecule has 0 bridgehead atoms. The van der Waals surface area contributed by atoms with Crippen LogP contribution in [0.5, 0.6) is 5.75 Å². The molecular formula is C21H21N5O3S. The topological polar surface area (TPSA) is 95.1 Å². The van der Waals surface area contributed by atoms with Crippen molar-refractivity contribution in [3.8, 4) is 5.75 Å². The Labute approximate surface area is 178 Å². The number of hydrogen-bond donors (Lipinski definition) is 1. The molecule has 1 N–H and O–H groups in total. The maximum absolute atomic E-state index is 11.1. The van der Waals surface area contributed by atoms with Crippen LogP contribution in [0, 0.1) is 10.1 Å². The zero-order valence-electron chi connectivity index (χ0n) is 16.8. The molecule has 1 aliphatic heterocycles. The number of nitrogens with zero attached hydrogens (tertiary/aromatic N) is 4. The lowest BCUT2D eigenvalue weighted by atomic mass is 9.87. The van der Waals surface area contributed by atoms with E-state index in [1.807, 2.05) is 23.6 Å². The zero-order chi connectivity index (χ0) is 21.3. The molecule has 3 aromatic rings. The van der Waals surface area contributed by atoms with E-state index in [0.29, 0.717) is 16.5 Å². The number of nitro groups is 1. The standard InChI is InChI=1S/C21H21N5O3S/c1-21(2,3)15-7-9-17(10-8-15)29-12-19-22-23-20-25(19)24-18(13-30-20)14-5-4-6-16(11-14)26(27)28/h4-11,13,24H,12H2,1-3H3. The van der Waals surface area contributed by atoms with Crippen LogP contribution >= 0.6 is 11.8 Å². The summed E-state index contributed by atoms with van der Waals surface area (Å²) in [5, 5.41) is 22.0. The second-order valence-corrected chi connectivity index (χ2v) is 8.70. The van der Waals surface area contributed by atoms with Gasteiger partial charge in [-0.3, -0.25) is 15.5 Å². The Balaban J connectivity index is 1.48. The van der Waals surface area contributed by atoms with Gasteiger partial charge in [-0.15, -0.1) is 10.2 Å². The van der Waals surface area contributed by atoms with Crippen LogP contribution in [0.4, 0.5) is 5.69 Å². The third-order valence-corrected chi connectivity index (χ3v) is 5.50. The van der Waals surface area contributed by atoms with Crippen molar-refractivity contribution in [1.82, 2.24) is 14.9 Å². The Hall–Kier alpha value is -3.33. The Morgan fingerprint density at radius 2 is 1.93 bits per heavy atom. The summed E-state index contributed by atoms with van der Waals surface area (Å²) in [7, 11) is 0. The molecule has 154 valence electrons. The summed E-state index contributed by atoms with van der Waals surface area (Å²) >= 11 is 1.39. The molecule has 0 fully saturated rings. The Bertz CT molecular complexity index is 1120. The smallest absolute Gasteiger partial charge is 0.270 e. The van der Waals surface area contributed by atoms with E-state index in [1.54, 1.807) is 10.7 Å². The van der Waals surface area contributed by atoms with Crippen LogP contribution in [0.15, 0.2) is 59.1 Å². The van der Waals surface area contributed by atoms with Gasteiger partial charge < -0.3 is 4.74 Å². The van der Waals surface area contributed by atoms with Crippen molar-refractivity contribution in [2.75, 3.05) is 5.43 Å². The molecule has 30 heavy (non-hydrogen) atoms. The van der Waals surface area contributed by atoms with Crippen LogP contribution in [0.1, 0.15) is 37.7 Å². The van der Waals surface area contributed by atoms with Crippen LogP contribution in [0.25, 0.3) is 5.70 Å². The van der Waals surface area contributed by atoms with E-state index in [-0.39, 0.29) is 17.7 Å². The maximum Gasteiger partial charge on any atom is 0.270 e. The number of nitro benzene ring substituents is 1. The van der Waals surface area contributed by atoms with E-state index < -0.39 is 4.92 Å². The molecule has 1 aromatic heterocycles. The van der Waals surface area contributed by atoms with Crippen LogP contribution in [-0.4, -0.2) is 19.8 Å². The highest BCUT2D eigenvalue weighted by Gasteiger charge is 2.20. The molecule has 2 heterocycles. The van der Waals surface area contributed by atoms with Crippen LogP contribution in [-0.2, 0) is 12.0 Å². The number of benzene rings is 2. The quantitative estimate of drug-likeness (QED) is 0.469. The first-order valence-corrected chi connectivity index (χ1v) is 10.3. The molecule has 0 amide bonds. The molecule has 0 unspecified atom stereocenters. The van der Waals surface area contributed by atoms with E-state index in [1.165, 1.54) is 29.5 Å². The van der Waals surface area contributed by atoms with Crippen LogP contribution in [0.2, 0.25) is 0 Å². The number of fused-ring (bicyclic) bond motifs is 1. The fourth-order valence-corrected chi connectivity index (χ4v) is 3.72. The Kier molecular flexibility index (Phi) is 5.21. The third-order valence-electron chi connectivity index (χ3n) is 4.67. The van der Waals surface area contributed by atoms with Gasteiger partial charge in [-0.1, -0.05) is 56.8 Å². The molecule has 0 spiro atoms. The Morgan fingerprint density at radius 1 is 1.17 bits per heavy atom. The number of non-ortho nitro benzene ring substituents is 1. The first-order valence-electron chi connectivity index (χ1n) is 9.37. The number of aromatic nitrogens is 3. The van der Waals surface area contributed by atoms with Gasteiger partial charge in [0.1, 0.15) is 12.4 Å². The summed E-state index contributed by atoms with van der Waals surface area (Å²) in [6, 6.07) is 14.5. The van der Waals surface area contributed by atoms with E-state index in [2.05, 4.69) is 48.5 Å². The number of hydrogen-bond acceptors (Lipinski definition) is 7. The monoisotopic (exact) mass is 423 g/mol. The molecule has 0 saturated heterocycles. The van der Waals surface area contributed by atoms with Gasteiger partial charge in [0.15, 0.2) is 5.82 Å². The SMILES string of the molecule is CC(C)(C)c1ccc(OCc2nnc3n2NC(c2cccc([N+](=O)[O-])c2)=CS3)cc1. The van der Waals surface area contributed by atoms with E-state index in [9.17, 15) is 10.1 Å². The minimum Gasteiger partial charge on any atom is -0.486 e. The summed E-state index contributed by atoms with van der Waals surface area (Å²) in [6.07, 6.45) is 0. The summed E-state index contributed by atoms with van der Waals surface area (Å²) in [5.74, 6) is 1.35. The molecular weight excluding hydrogens is 402 g/mol. The fourth-order valence-electron chi connectivity index (χ4n) is 2.96. The number of ether oxygens (including phenoxy) is 1. The molecule has 0 aliphatic carbocycles. The van der Waals surface area contributed by atoms with Gasteiger partial charge in [-0.05, 0) is 23.1 Å². The average molecular weight is 423 g/mol. The van der Waals surface area contributed by atoms with Crippen molar-refractivity contribution in [3.63, 3.8) is 0 Å². The largest absolute Gasteiger partial charge is 0.486 e. The molecule has 1 aliphatic rings. The highest BCUT2D eigenvalue weighted by atomic mass is 32.2. The normalized spacial score (nSPS) is 13.2. The number of nitrogens with one attached hydrogen (secondary N) is 1. The summed E-state index contributed by atoms with van der Waals surface area (Å²) < 4.78 is 7.63. The van der Waals surface area contributed by atoms with Gasteiger partial charge in [0.05, 0.1) is 10.6 Å². The summed E-state index contributed by atoms with van der Waals surface area (Å²) in [6.45, 7) is 6.74. The maximum atomic E-state index is 11.1. The third kappa shape index (κ3) is 4.16. The van der Waals surface area contributed by atoms with Crippen molar-refractivity contribution in [1.29, 1.82) is 0 Å². The average Bonchev–Trinajstić information content (AvgIpc) is 3.14. The highest BCUT2D eigenvalue weighted by Crippen LogP contribution is 2.30. The second-order valence-electron chi connectivity index (χ2n) is 7.87. The van der Waals surface area contributed by atoms with Crippen molar-refractivity contribution in [3.05, 3.63) is 81.0 Å². The second kappa shape index (κ2) is 7.83. The molecule has 9 heteroatoms. The molecule has 0 atom stereocenters. The van der Waals surface area contributed by atoms with Gasteiger partial charge in [-0.25, -0.2) is 4.68 Å². The van der Waals surface area contributed by atoms with Gasteiger partial charge in [0.2, 0.25) is 5.16 Å². The van der Waals surface area contributed by atoms with Crippen molar-refractivity contribution in [2.45, 2.75) is 37.9 Å². The lowest BCUT2D eigenvalue weighted by molar-refractivity contribution is -0.384. The fraction of sp³-hybridized carbons (Fsp3) is 0.238. The Morgan fingerprint density at radius 3 is 2.63 bits per heavy atom. The van der Waals surface area contributed by atoms with Gasteiger partial charge >= 0.3 is 0 Å². The van der Waals surface area contributed by atoms with Crippen molar-refractivity contribution in [2.24, 2.45) is 0 Å². The van der Waals surface area contributed by atoms with Gasteiger partial charge in [0.25, 0.3) is 5.69 Å². The minimum absolute atomic E-state index is 0.0389. The lowest BCUT2D eigenvalue weighted by Gasteiger charge is -2.20. The van der Waals surface area contributed by atoms with E-state index in [4.69, 9.17) is 4.74 Å². The molecule has 2 aromatic carbocycles. The van der Waals surface area contributed by atoms with Crippen LogP contribution < -0.4 is 10.2 Å². The zero-order valence-corrected chi connectivity index (χ0v) is 17.6.